The van der Waals surface area contributed by atoms with Gasteiger partial charge < -0.3 is 15.6 Å². The summed E-state index contributed by atoms with van der Waals surface area (Å²) >= 11 is 0. The van der Waals surface area contributed by atoms with Crippen LogP contribution in [-0.4, -0.2) is 17.2 Å². The Morgan fingerprint density at radius 1 is 1.33 bits per heavy atom. The Kier molecular flexibility index (Phi) is 3.75. The summed E-state index contributed by atoms with van der Waals surface area (Å²) < 4.78 is 5.41. The summed E-state index contributed by atoms with van der Waals surface area (Å²) in [6.45, 7) is 2.21. The number of nitrogen functional groups attached to an aromatic ring is 1. The number of anilines is 1. The van der Waals surface area contributed by atoms with E-state index < -0.39 is 5.97 Å². The number of nitrogens with two attached hydrogens (primary N) is 1. The van der Waals surface area contributed by atoms with Crippen LogP contribution in [0.5, 0.6) is 5.75 Å². The lowest BCUT2D eigenvalue weighted by Crippen LogP contribution is -2.23. The highest BCUT2D eigenvalue weighted by molar-refractivity contribution is 5.93. The Morgan fingerprint density at radius 3 is 2.61 bits per heavy atom. The van der Waals surface area contributed by atoms with Crippen LogP contribution in [0.15, 0.2) is 18.2 Å². The van der Waals surface area contributed by atoms with Crippen molar-refractivity contribution in [1.82, 2.24) is 0 Å². The zero-order chi connectivity index (χ0) is 13.1. The summed E-state index contributed by atoms with van der Waals surface area (Å²) in [5.41, 5.74) is 6.12. The van der Waals surface area contributed by atoms with Crippen LogP contribution in [0.1, 0.15) is 43.0 Å². The smallest absolute Gasteiger partial charge is 0.342 e. The van der Waals surface area contributed by atoms with Crippen molar-refractivity contribution >= 4 is 11.7 Å². The molecule has 98 valence electrons. The van der Waals surface area contributed by atoms with E-state index in [1.54, 1.807) is 6.07 Å². The quantitative estimate of drug-likeness (QED) is 0.624. The molecule has 0 radical (unpaired) electrons. The molecule has 0 spiro atoms. The van der Waals surface area contributed by atoms with Gasteiger partial charge in [0, 0.05) is 11.8 Å². The minimum Gasteiger partial charge on any atom is -0.507 e. The normalized spacial score (nSPS) is 23.6. The van der Waals surface area contributed by atoms with E-state index in [0.717, 1.165) is 25.7 Å². The van der Waals surface area contributed by atoms with Crippen LogP contribution >= 0.6 is 0 Å². The second kappa shape index (κ2) is 5.29. The van der Waals surface area contributed by atoms with Gasteiger partial charge in [-0.2, -0.15) is 0 Å². The number of rotatable bonds is 2. The van der Waals surface area contributed by atoms with Crippen molar-refractivity contribution in [1.29, 1.82) is 0 Å². The molecule has 0 atom stereocenters. The van der Waals surface area contributed by atoms with Gasteiger partial charge in [-0.15, -0.1) is 0 Å². The first-order valence-electron chi connectivity index (χ1n) is 6.35. The number of ether oxygens (including phenoxy) is 1. The molecule has 1 aromatic rings. The molecule has 3 N–H and O–H groups in total. The number of aromatic hydroxyl groups is 1. The van der Waals surface area contributed by atoms with E-state index in [9.17, 15) is 9.90 Å². The molecule has 0 saturated heterocycles. The average molecular weight is 249 g/mol. The fourth-order valence-corrected chi connectivity index (χ4v) is 2.28. The van der Waals surface area contributed by atoms with Crippen LogP contribution in [0, 0.1) is 5.92 Å². The third-order valence-corrected chi connectivity index (χ3v) is 3.48. The van der Waals surface area contributed by atoms with Gasteiger partial charge in [0.2, 0.25) is 0 Å². The highest BCUT2D eigenvalue weighted by Crippen LogP contribution is 2.27. The molecule has 0 amide bonds. The summed E-state index contributed by atoms with van der Waals surface area (Å²) in [6.07, 6.45) is 3.97. The first kappa shape index (κ1) is 12.7. The second-order valence-electron chi connectivity index (χ2n) is 5.06. The number of esters is 1. The van der Waals surface area contributed by atoms with Crippen LogP contribution in [0.25, 0.3) is 0 Å². The Hall–Kier alpha value is -1.71. The van der Waals surface area contributed by atoms with Crippen LogP contribution in [-0.2, 0) is 4.74 Å². The zero-order valence-electron chi connectivity index (χ0n) is 10.6. The van der Waals surface area contributed by atoms with Gasteiger partial charge >= 0.3 is 5.97 Å². The lowest BCUT2D eigenvalue weighted by molar-refractivity contribution is 0.0171. The lowest BCUT2D eigenvalue weighted by Gasteiger charge is -2.26. The van der Waals surface area contributed by atoms with Gasteiger partial charge in [-0.25, -0.2) is 4.79 Å². The van der Waals surface area contributed by atoms with Gasteiger partial charge in [-0.3, -0.25) is 0 Å². The molecule has 1 aliphatic rings. The fourth-order valence-electron chi connectivity index (χ4n) is 2.28. The highest BCUT2D eigenvalue weighted by Gasteiger charge is 2.23. The van der Waals surface area contributed by atoms with E-state index in [1.807, 2.05) is 0 Å². The molecule has 1 aliphatic carbocycles. The molecule has 1 fully saturated rings. The summed E-state index contributed by atoms with van der Waals surface area (Å²) in [7, 11) is 0. The number of hydrogen-bond acceptors (Lipinski definition) is 4. The number of benzene rings is 1. The molecule has 0 bridgehead atoms. The number of carbonyl (C=O) groups is 1. The molecule has 4 heteroatoms. The van der Waals surface area contributed by atoms with Crippen molar-refractivity contribution < 1.29 is 14.6 Å². The van der Waals surface area contributed by atoms with Gasteiger partial charge in [0.25, 0.3) is 0 Å². The molecule has 0 aliphatic heterocycles. The van der Waals surface area contributed by atoms with Crippen molar-refractivity contribution in [3.8, 4) is 5.75 Å². The second-order valence-corrected chi connectivity index (χ2v) is 5.06. The fraction of sp³-hybridized carbons (Fsp3) is 0.500. The molecule has 18 heavy (non-hydrogen) atoms. The van der Waals surface area contributed by atoms with Crippen LogP contribution < -0.4 is 5.73 Å². The zero-order valence-corrected chi connectivity index (χ0v) is 10.6. The van der Waals surface area contributed by atoms with Crippen LogP contribution in [0.4, 0.5) is 5.69 Å². The molecular formula is C14H19NO3. The maximum absolute atomic E-state index is 11.9. The van der Waals surface area contributed by atoms with Gasteiger partial charge in [-0.05, 0) is 43.7 Å². The Labute approximate surface area is 107 Å². The molecule has 0 aromatic heterocycles. The topological polar surface area (TPSA) is 72.5 Å². The predicted octanol–water partition coefficient (Wildman–Crippen LogP) is 2.71. The molecule has 1 aromatic carbocycles. The minimum atomic E-state index is -0.466. The van der Waals surface area contributed by atoms with Crippen molar-refractivity contribution in [2.24, 2.45) is 5.92 Å². The van der Waals surface area contributed by atoms with E-state index in [2.05, 4.69) is 6.92 Å². The van der Waals surface area contributed by atoms with E-state index in [-0.39, 0.29) is 17.4 Å². The number of phenols is 1. The van der Waals surface area contributed by atoms with E-state index in [0.29, 0.717) is 11.6 Å². The monoisotopic (exact) mass is 249 g/mol. The molecular weight excluding hydrogens is 230 g/mol. The average Bonchev–Trinajstić information content (AvgIpc) is 2.32. The third kappa shape index (κ3) is 2.94. The van der Waals surface area contributed by atoms with Gasteiger partial charge in [0.05, 0.1) is 0 Å². The Balaban J connectivity index is 1.99. The van der Waals surface area contributed by atoms with Crippen molar-refractivity contribution in [3.63, 3.8) is 0 Å². The first-order valence-corrected chi connectivity index (χ1v) is 6.35. The maximum Gasteiger partial charge on any atom is 0.342 e. The number of hydrogen-bond donors (Lipinski definition) is 2. The van der Waals surface area contributed by atoms with E-state index in [1.165, 1.54) is 12.1 Å². The lowest BCUT2D eigenvalue weighted by atomic mass is 9.89. The van der Waals surface area contributed by atoms with E-state index >= 15 is 0 Å². The summed E-state index contributed by atoms with van der Waals surface area (Å²) in [5, 5.41) is 9.65. The Morgan fingerprint density at radius 2 is 2.00 bits per heavy atom. The number of carbonyl (C=O) groups excluding carboxylic acids is 1. The van der Waals surface area contributed by atoms with Crippen molar-refractivity contribution in [2.45, 2.75) is 38.7 Å². The minimum absolute atomic E-state index is 0.0225. The Bertz CT molecular complexity index is 437. The van der Waals surface area contributed by atoms with Gasteiger partial charge in [0.15, 0.2) is 0 Å². The SMILES string of the molecule is CC1CCC(OC(=O)c2ccc(N)cc2O)CC1. The molecule has 0 unspecified atom stereocenters. The maximum atomic E-state index is 11.9. The van der Waals surface area contributed by atoms with Crippen LogP contribution in [0.3, 0.4) is 0 Å². The van der Waals surface area contributed by atoms with E-state index in [4.69, 9.17) is 10.5 Å². The molecule has 1 saturated carbocycles. The van der Waals surface area contributed by atoms with Crippen molar-refractivity contribution in [2.75, 3.05) is 5.73 Å². The molecule has 2 rings (SSSR count). The van der Waals surface area contributed by atoms with Gasteiger partial charge in [0.1, 0.15) is 17.4 Å². The molecule has 4 nitrogen and oxygen atoms in total. The molecule has 0 heterocycles. The number of phenolic OH excluding ortho intramolecular Hbond substituents is 1. The van der Waals surface area contributed by atoms with Crippen LogP contribution in [0.2, 0.25) is 0 Å². The summed E-state index contributed by atoms with van der Waals surface area (Å²) in [5.74, 6) is 0.126. The standard InChI is InChI=1S/C14H19NO3/c1-9-2-5-11(6-3-9)18-14(17)12-7-4-10(15)8-13(12)16/h4,7-9,11,16H,2-3,5-6,15H2,1H3. The third-order valence-electron chi connectivity index (χ3n) is 3.48. The summed E-state index contributed by atoms with van der Waals surface area (Å²) in [4.78, 5) is 11.9. The predicted molar refractivity (Wildman–Crippen MR) is 69.4 cm³/mol. The largest absolute Gasteiger partial charge is 0.507 e. The first-order chi connectivity index (χ1) is 8.56. The highest BCUT2D eigenvalue weighted by atomic mass is 16.5. The summed E-state index contributed by atoms with van der Waals surface area (Å²) in [6, 6.07) is 4.44. The van der Waals surface area contributed by atoms with Gasteiger partial charge in [-0.1, -0.05) is 6.92 Å². The van der Waals surface area contributed by atoms with Crippen molar-refractivity contribution in [3.05, 3.63) is 23.8 Å².